The molecule has 14 heavy (non-hydrogen) atoms. The van der Waals surface area contributed by atoms with E-state index < -0.39 is 0 Å². The zero-order valence-corrected chi connectivity index (χ0v) is 8.65. The molecule has 0 unspecified atom stereocenters. The van der Waals surface area contributed by atoms with Crippen molar-refractivity contribution in [3.05, 3.63) is 18.0 Å². The Labute approximate surface area is 85.3 Å². The first-order valence-electron chi connectivity index (χ1n) is 5.60. The van der Waals surface area contributed by atoms with E-state index in [1.807, 2.05) is 10.9 Å². The molecule has 1 fully saturated rings. The van der Waals surface area contributed by atoms with Crippen LogP contribution in [0.15, 0.2) is 12.4 Å². The minimum atomic E-state index is 0.601. The first-order valence-corrected chi connectivity index (χ1v) is 5.60. The third-order valence-corrected chi connectivity index (χ3v) is 3.16. The van der Waals surface area contributed by atoms with Crippen LogP contribution in [0.1, 0.15) is 37.7 Å². The van der Waals surface area contributed by atoms with Crippen LogP contribution in [-0.4, -0.2) is 9.78 Å². The lowest BCUT2D eigenvalue weighted by molar-refractivity contribution is 0.439. The van der Waals surface area contributed by atoms with E-state index in [1.165, 1.54) is 32.1 Å². The zero-order valence-electron chi connectivity index (χ0n) is 8.65. The van der Waals surface area contributed by atoms with Crippen LogP contribution in [0.4, 0.5) is 0 Å². The summed E-state index contributed by atoms with van der Waals surface area (Å²) >= 11 is 0. The molecular formula is C11H19N3. The van der Waals surface area contributed by atoms with Crippen molar-refractivity contribution in [3.63, 3.8) is 0 Å². The summed E-state index contributed by atoms with van der Waals surface area (Å²) < 4.78 is 2.03. The Bertz CT molecular complexity index is 274. The number of hydrogen-bond acceptors (Lipinski definition) is 2. The van der Waals surface area contributed by atoms with E-state index in [0.717, 1.165) is 18.0 Å². The van der Waals surface area contributed by atoms with Gasteiger partial charge in [-0.25, -0.2) is 0 Å². The molecule has 1 aliphatic carbocycles. The molecule has 1 aliphatic rings. The Balaban J connectivity index is 1.79. The van der Waals surface area contributed by atoms with Crippen molar-refractivity contribution in [1.29, 1.82) is 0 Å². The van der Waals surface area contributed by atoms with Gasteiger partial charge in [-0.1, -0.05) is 25.7 Å². The second kappa shape index (κ2) is 4.60. The predicted octanol–water partition coefficient (Wildman–Crippen LogP) is 1.92. The summed E-state index contributed by atoms with van der Waals surface area (Å²) in [5, 5.41) is 4.28. The third kappa shape index (κ3) is 2.35. The molecule has 0 saturated heterocycles. The van der Waals surface area contributed by atoms with Gasteiger partial charge in [0, 0.05) is 24.8 Å². The van der Waals surface area contributed by atoms with E-state index in [1.54, 1.807) is 0 Å². The van der Waals surface area contributed by atoms with Crippen molar-refractivity contribution < 1.29 is 0 Å². The normalized spacial score (nSPS) is 17.8. The molecule has 0 bridgehead atoms. The standard InChI is InChI=1S/C11H19N3/c12-7-11-8-13-14(9-11)6-5-10-3-1-2-4-10/h8-10H,1-7,12H2. The number of aromatic nitrogens is 2. The molecule has 1 heterocycles. The fourth-order valence-corrected chi connectivity index (χ4v) is 2.25. The summed E-state index contributed by atoms with van der Waals surface area (Å²) in [7, 11) is 0. The van der Waals surface area contributed by atoms with Crippen molar-refractivity contribution in [1.82, 2.24) is 9.78 Å². The monoisotopic (exact) mass is 193 g/mol. The Morgan fingerprint density at radius 1 is 1.43 bits per heavy atom. The summed E-state index contributed by atoms with van der Waals surface area (Å²) in [5.74, 6) is 0.945. The first-order chi connectivity index (χ1) is 6.88. The van der Waals surface area contributed by atoms with Gasteiger partial charge >= 0.3 is 0 Å². The lowest BCUT2D eigenvalue weighted by atomic mass is 10.0. The molecule has 0 amide bonds. The Kier molecular flexibility index (Phi) is 3.19. The van der Waals surface area contributed by atoms with E-state index in [-0.39, 0.29) is 0 Å². The first kappa shape index (κ1) is 9.71. The van der Waals surface area contributed by atoms with Crippen molar-refractivity contribution in [2.45, 2.75) is 45.2 Å². The fraction of sp³-hybridized carbons (Fsp3) is 0.727. The Hall–Kier alpha value is -0.830. The van der Waals surface area contributed by atoms with E-state index in [0.29, 0.717) is 6.54 Å². The maximum atomic E-state index is 5.53. The molecule has 0 radical (unpaired) electrons. The number of nitrogens with zero attached hydrogens (tertiary/aromatic N) is 2. The van der Waals surface area contributed by atoms with E-state index >= 15 is 0 Å². The third-order valence-electron chi connectivity index (χ3n) is 3.16. The van der Waals surface area contributed by atoms with Crippen LogP contribution in [0.2, 0.25) is 0 Å². The summed E-state index contributed by atoms with van der Waals surface area (Å²) in [5.41, 5.74) is 6.66. The lowest BCUT2D eigenvalue weighted by Crippen LogP contribution is -2.03. The molecule has 0 spiro atoms. The van der Waals surface area contributed by atoms with Gasteiger partial charge in [-0.2, -0.15) is 5.10 Å². The van der Waals surface area contributed by atoms with Gasteiger partial charge in [0.1, 0.15) is 0 Å². The van der Waals surface area contributed by atoms with Gasteiger partial charge in [-0.3, -0.25) is 4.68 Å². The average Bonchev–Trinajstić information content (AvgIpc) is 2.86. The van der Waals surface area contributed by atoms with Gasteiger partial charge in [-0.15, -0.1) is 0 Å². The van der Waals surface area contributed by atoms with Crippen LogP contribution in [0.5, 0.6) is 0 Å². The van der Waals surface area contributed by atoms with Gasteiger partial charge in [0.05, 0.1) is 6.20 Å². The fourth-order valence-electron chi connectivity index (χ4n) is 2.25. The number of nitrogens with two attached hydrogens (primary N) is 1. The predicted molar refractivity (Wildman–Crippen MR) is 56.7 cm³/mol. The molecule has 0 aliphatic heterocycles. The molecule has 3 nitrogen and oxygen atoms in total. The maximum absolute atomic E-state index is 5.53. The summed E-state index contributed by atoms with van der Waals surface area (Å²) in [6.07, 6.45) is 10.9. The smallest absolute Gasteiger partial charge is 0.0534 e. The van der Waals surface area contributed by atoms with E-state index in [9.17, 15) is 0 Å². The quantitative estimate of drug-likeness (QED) is 0.794. The highest BCUT2D eigenvalue weighted by molar-refractivity contribution is 5.02. The highest BCUT2D eigenvalue weighted by Crippen LogP contribution is 2.27. The van der Waals surface area contributed by atoms with Gasteiger partial charge < -0.3 is 5.73 Å². The molecular weight excluding hydrogens is 174 g/mol. The SMILES string of the molecule is NCc1cnn(CCC2CCCC2)c1. The van der Waals surface area contributed by atoms with Crippen LogP contribution in [-0.2, 0) is 13.1 Å². The largest absolute Gasteiger partial charge is 0.326 e. The topological polar surface area (TPSA) is 43.8 Å². The van der Waals surface area contributed by atoms with Crippen LogP contribution in [0.25, 0.3) is 0 Å². The maximum Gasteiger partial charge on any atom is 0.0534 e. The lowest BCUT2D eigenvalue weighted by Gasteiger charge is -2.07. The van der Waals surface area contributed by atoms with Crippen LogP contribution < -0.4 is 5.73 Å². The minimum absolute atomic E-state index is 0.601. The Morgan fingerprint density at radius 2 is 2.21 bits per heavy atom. The van der Waals surface area contributed by atoms with Crippen molar-refractivity contribution in [2.24, 2.45) is 11.7 Å². The van der Waals surface area contributed by atoms with Crippen molar-refractivity contribution >= 4 is 0 Å². The average molecular weight is 193 g/mol. The zero-order chi connectivity index (χ0) is 9.80. The molecule has 2 rings (SSSR count). The molecule has 3 heteroatoms. The van der Waals surface area contributed by atoms with E-state index in [4.69, 9.17) is 5.73 Å². The highest BCUT2D eigenvalue weighted by Gasteiger charge is 2.14. The number of rotatable bonds is 4. The van der Waals surface area contributed by atoms with Crippen LogP contribution >= 0.6 is 0 Å². The molecule has 1 aromatic heterocycles. The van der Waals surface area contributed by atoms with Crippen LogP contribution in [0, 0.1) is 5.92 Å². The molecule has 2 N–H and O–H groups in total. The molecule has 0 aromatic carbocycles. The van der Waals surface area contributed by atoms with Crippen molar-refractivity contribution in [3.8, 4) is 0 Å². The molecule has 0 atom stereocenters. The molecule has 1 saturated carbocycles. The molecule has 1 aromatic rings. The summed E-state index contributed by atoms with van der Waals surface area (Å²) in [4.78, 5) is 0. The summed E-state index contributed by atoms with van der Waals surface area (Å²) in [6.45, 7) is 1.66. The minimum Gasteiger partial charge on any atom is -0.326 e. The van der Waals surface area contributed by atoms with Gasteiger partial charge in [-0.05, 0) is 12.3 Å². The number of hydrogen-bond donors (Lipinski definition) is 1. The van der Waals surface area contributed by atoms with Crippen LogP contribution in [0.3, 0.4) is 0 Å². The second-order valence-electron chi connectivity index (χ2n) is 4.25. The highest BCUT2D eigenvalue weighted by atomic mass is 15.3. The van der Waals surface area contributed by atoms with Gasteiger partial charge in [0.2, 0.25) is 0 Å². The Morgan fingerprint density at radius 3 is 2.86 bits per heavy atom. The van der Waals surface area contributed by atoms with Crippen molar-refractivity contribution in [2.75, 3.05) is 0 Å². The van der Waals surface area contributed by atoms with Gasteiger partial charge in [0.15, 0.2) is 0 Å². The number of aryl methyl sites for hydroxylation is 1. The summed E-state index contributed by atoms with van der Waals surface area (Å²) in [6, 6.07) is 0. The molecule has 78 valence electrons. The van der Waals surface area contributed by atoms with Gasteiger partial charge in [0.25, 0.3) is 0 Å². The van der Waals surface area contributed by atoms with E-state index in [2.05, 4.69) is 11.3 Å². The second-order valence-corrected chi connectivity index (χ2v) is 4.25.